The number of carbonyl (C=O) groups excluding carboxylic acids is 2. The summed E-state index contributed by atoms with van der Waals surface area (Å²) in [4.78, 5) is 23.3. The minimum Gasteiger partial charge on any atom is -0.394 e. The zero-order valence-corrected chi connectivity index (χ0v) is 19.1. The number of carbonyl (C=O) groups is 2. The summed E-state index contributed by atoms with van der Waals surface area (Å²) in [5.74, 6) is -1.01. The first kappa shape index (κ1) is 28.7. The number of hydrogen-bond acceptors (Lipinski definition) is 10. The number of aliphatic hydroxyl groups is 6. The SMILES string of the molecule is CC(=O)N[C@H]1[C@@H](O[C@H]([C@H](O)[C@H](CC(C)(C)C)NC(C)=O)[C@H](O)CO)O[C@H](CO)[C@H](O)[C@@H]1O. The van der Waals surface area contributed by atoms with Gasteiger partial charge in [-0.1, -0.05) is 20.8 Å². The van der Waals surface area contributed by atoms with Crippen LogP contribution in [0.4, 0.5) is 0 Å². The average Bonchev–Trinajstić information content (AvgIpc) is 2.67. The molecule has 12 heteroatoms. The van der Waals surface area contributed by atoms with Crippen molar-refractivity contribution in [2.24, 2.45) is 5.41 Å². The number of hydrogen-bond donors (Lipinski definition) is 8. The normalized spacial score (nSPS) is 30.2. The van der Waals surface area contributed by atoms with Crippen molar-refractivity contribution in [1.82, 2.24) is 10.6 Å². The van der Waals surface area contributed by atoms with E-state index in [-0.39, 0.29) is 11.8 Å². The molecule has 0 aromatic heterocycles. The van der Waals surface area contributed by atoms with Crippen LogP contribution in [-0.2, 0) is 19.1 Å². The van der Waals surface area contributed by atoms with Crippen LogP contribution in [0.2, 0.25) is 0 Å². The Kier molecular flexibility index (Phi) is 10.9. The second-order valence-corrected chi connectivity index (χ2v) is 9.35. The van der Waals surface area contributed by atoms with Crippen LogP contribution in [-0.4, -0.2) is 111 Å². The standard InChI is InChI=1S/C20H38N2O10/c1-9(25)21-11(6-20(3,4)5)15(28)18(12(27)7-23)32-19-14(22-10(2)26)17(30)16(29)13(8-24)31-19/h11-19,23-24,27-30H,6-8H2,1-5H3,(H,21,25)(H,22,26)/t11-,12+,13+,14+,15+,16-,17+,18-,19+/m0/s1. The lowest BCUT2D eigenvalue weighted by atomic mass is 9.84. The fraction of sp³-hybridized carbons (Fsp3) is 0.900. The third-order valence-electron chi connectivity index (χ3n) is 5.08. The molecule has 1 saturated heterocycles. The van der Waals surface area contributed by atoms with Gasteiger partial charge in [0.2, 0.25) is 11.8 Å². The number of ether oxygens (including phenoxy) is 2. The highest BCUT2D eigenvalue weighted by Crippen LogP contribution is 2.28. The summed E-state index contributed by atoms with van der Waals surface area (Å²) in [6.45, 7) is 6.59. The molecule has 1 fully saturated rings. The molecule has 0 spiro atoms. The predicted octanol–water partition coefficient (Wildman–Crippen LogP) is -3.03. The fourth-order valence-corrected chi connectivity index (χ4v) is 3.65. The van der Waals surface area contributed by atoms with E-state index >= 15 is 0 Å². The van der Waals surface area contributed by atoms with Gasteiger partial charge in [-0.25, -0.2) is 0 Å². The van der Waals surface area contributed by atoms with Crippen molar-refractivity contribution >= 4 is 11.8 Å². The van der Waals surface area contributed by atoms with Gasteiger partial charge in [-0.2, -0.15) is 0 Å². The van der Waals surface area contributed by atoms with Crippen molar-refractivity contribution in [1.29, 1.82) is 0 Å². The largest absolute Gasteiger partial charge is 0.394 e. The molecule has 8 N–H and O–H groups in total. The molecular weight excluding hydrogens is 428 g/mol. The van der Waals surface area contributed by atoms with Gasteiger partial charge in [-0.3, -0.25) is 9.59 Å². The summed E-state index contributed by atoms with van der Waals surface area (Å²) in [6, 6.07) is -2.20. The molecular formula is C20H38N2O10. The smallest absolute Gasteiger partial charge is 0.217 e. The summed E-state index contributed by atoms with van der Waals surface area (Å²) < 4.78 is 11.2. The van der Waals surface area contributed by atoms with Gasteiger partial charge in [0, 0.05) is 13.8 Å². The average molecular weight is 467 g/mol. The topological polar surface area (TPSA) is 198 Å². The van der Waals surface area contributed by atoms with Crippen LogP contribution in [0.5, 0.6) is 0 Å². The lowest BCUT2D eigenvalue weighted by Crippen LogP contribution is -2.66. The predicted molar refractivity (Wildman–Crippen MR) is 111 cm³/mol. The Balaban J connectivity index is 3.25. The third kappa shape index (κ3) is 8.19. The van der Waals surface area contributed by atoms with Crippen molar-refractivity contribution in [2.75, 3.05) is 13.2 Å². The Morgan fingerprint density at radius 2 is 1.66 bits per heavy atom. The molecule has 32 heavy (non-hydrogen) atoms. The van der Waals surface area contributed by atoms with Gasteiger partial charge in [0.15, 0.2) is 6.29 Å². The van der Waals surface area contributed by atoms with Crippen LogP contribution in [0.3, 0.4) is 0 Å². The van der Waals surface area contributed by atoms with Gasteiger partial charge in [-0.05, 0) is 11.8 Å². The molecule has 1 rings (SSSR count). The molecule has 0 radical (unpaired) electrons. The Bertz CT molecular complexity index is 614. The molecule has 0 aromatic carbocycles. The Labute approximate surface area is 187 Å². The molecule has 0 bridgehead atoms. The van der Waals surface area contributed by atoms with E-state index in [9.17, 15) is 40.2 Å². The summed E-state index contributed by atoms with van der Waals surface area (Å²) in [7, 11) is 0. The maximum Gasteiger partial charge on any atom is 0.217 e. The van der Waals surface area contributed by atoms with Crippen molar-refractivity contribution in [2.45, 2.75) is 96.0 Å². The van der Waals surface area contributed by atoms with E-state index in [1.54, 1.807) is 0 Å². The summed E-state index contributed by atoms with van der Waals surface area (Å²) >= 11 is 0. The van der Waals surface area contributed by atoms with Gasteiger partial charge in [0.25, 0.3) is 0 Å². The maximum atomic E-state index is 11.7. The van der Waals surface area contributed by atoms with Crippen LogP contribution in [0.15, 0.2) is 0 Å². The number of rotatable bonds is 10. The quantitative estimate of drug-likeness (QED) is 0.164. The molecule has 0 saturated carbocycles. The molecule has 2 amide bonds. The van der Waals surface area contributed by atoms with E-state index in [0.29, 0.717) is 0 Å². The molecule has 0 aromatic rings. The van der Waals surface area contributed by atoms with Crippen LogP contribution in [0.1, 0.15) is 41.0 Å². The Morgan fingerprint density at radius 1 is 1.06 bits per heavy atom. The van der Waals surface area contributed by atoms with Gasteiger partial charge in [0.05, 0.1) is 19.3 Å². The van der Waals surface area contributed by atoms with Crippen molar-refractivity contribution in [3.05, 3.63) is 0 Å². The highest BCUT2D eigenvalue weighted by molar-refractivity contribution is 5.73. The van der Waals surface area contributed by atoms with E-state index in [2.05, 4.69) is 10.6 Å². The van der Waals surface area contributed by atoms with E-state index in [1.807, 2.05) is 20.8 Å². The fourth-order valence-electron chi connectivity index (χ4n) is 3.65. The molecule has 0 aliphatic carbocycles. The molecule has 1 heterocycles. The molecule has 0 unspecified atom stereocenters. The van der Waals surface area contributed by atoms with Crippen LogP contribution in [0.25, 0.3) is 0 Å². The third-order valence-corrected chi connectivity index (χ3v) is 5.08. The Hall–Kier alpha value is -1.38. The maximum absolute atomic E-state index is 11.7. The van der Waals surface area contributed by atoms with Gasteiger partial charge in [0.1, 0.15) is 42.7 Å². The van der Waals surface area contributed by atoms with E-state index in [1.165, 1.54) is 13.8 Å². The van der Waals surface area contributed by atoms with Crippen LogP contribution < -0.4 is 10.6 Å². The van der Waals surface area contributed by atoms with Crippen molar-refractivity contribution in [3.8, 4) is 0 Å². The molecule has 9 atom stereocenters. The van der Waals surface area contributed by atoms with E-state index < -0.39 is 80.0 Å². The first-order chi connectivity index (χ1) is 14.7. The molecule has 1 aliphatic heterocycles. The number of nitrogens with one attached hydrogen (secondary N) is 2. The van der Waals surface area contributed by atoms with Gasteiger partial charge < -0.3 is 50.7 Å². The summed E-state index contributed by atoms with van der Waals surface area (Å²) in [6.07, 6.45) is -10.3. The lowest BCUT2D eigenvalue weighted by Gasteiger charge is -2.44. The van der Waals surface area contributed by atoms with Gasteiger partial charge in [-0.15, -0.1) is 0 Å². The highest BCUT2D eigenvalue weighted by Gasteiger charge is 2.48. The monoisotopic (exact) mass is 466 g/mol. The summed E-state index contributed by atoms with van der Waals surface area (Å²) in [5.41, 5.74) is -0.342. The number of amides is 2. The van der Waals surface area contributed by atoms with Crippen LogP contribution >= 0.6 is 0 Å². The molecule has 1 aliphatic rings. The first-order valence-electron chi connectivity index (χ1n) is 10.5. The Morgan fingerprint density at radius 3 is 2.09 bits per heavy atom. The summed E-state index contributed by atoms with van der Waals surface area (Å²) in [5, 5.41) is 65.9. The molecule has 188 valence electrons. The van der Waals surface area contributed by atoms with Crippen molar-refractivity contribution in [3.63, 3.8) is 0 Å². The minimum absolute atomic E-state index is 0.285. The van der Waals surface area contributed by atoms with Crippen LogP contribution in [0, 0.1) is 5.41 Å². The zero-order chi connectivity index (χ0) is 24.8. The second kappa shape index (κ2) is 12.2. The highest BCUT2D eigenvalue weighted by atomic mass is 16.7. The molecule has 12 nitrogen and oxygen atoms in total. The lowest BCUT2D eigenvalue weighted by molar-refractivity contribution is -0.299. The van der Waals surface area contributed by atoms with Gasteiger partial charge >= 0.3 is 0 Å². The van der Waals surface area contributed by atoms with E-state index in [4.69, 9.17) is 9.47 Å². The first-order valence-corrected chi connectivity index (χ1v) is 10.5. The van der Waals surface area contributed by atoms with Crippen molar-refractivity contribution < 1.29 is 49.7 Å². The second-order valence-electron chi connectivity index (χ2n) is 9.35. The van der Waals surface area contributed by atoms with E-state index in [0.717, 1.165) is 0 Å². The number of aliphatic hydroxyl groups excluding tert-OH is 6. The zero-order valence-electron chi connectivity index (χ0n) is 19.1. The minimum atomic E-state index is -1.63.